The average molecular weight is 329 g/mol. The van der Waals surface area contributed by atoms with Crippen molar-refractivity contribution in [2.45, 2.75) is 19.8 Å². The van der Waals surface area contributed by atoms with Crippen LogP contribution in [0.3, 0.4) is 0 Å². The first-order valence-corrected chi connectivity index (χ1v) is 8.10. The van der Waals surface area contributed by atoms with Crippen molar-refractivity contribution in [2.24, 2.45) is 0 Å². The average Bonchev–Trinajstić information content (AvgIpc) is 2.93. The molecule has 0 unspecified atom stereocenters. The Morgan fingerprint density at radius 1 is 1.17 bits per heavy atom. The molecule has 3 rings (SSSR count). The minimum Gasteiger partial charge on any atom is -0.465 e. The largest absolute Gasteiger partial charge is 0.465 e. The van der Waals surface area contributed by atoms with Crippen molar-refractivity contribution >= 4 is 27.5 Å². The summed E-state index contributed by atoms with van der Waals surface area (Å²) in [5.74, 6) is -0.413. The van der Waals surface area contributed by atoms with Gasteiger partial charge in [0.25, 0.3) is 0 Å². The number of esters is 1. The van der Waals surface area contributed by atoms with Gasteiger partial charge in [0, 0.05) is 16.6 Å². The van der Waals surface area contributed by atoms with Crippen LogP contribution in [0.1, 0.15) is 35.1 Å². The molecule has 0 bridgehead atoms. The van der Waals surface area contributed by atoms with Gasteiger partial charge in [0.2, 0.25) is 0 Å². The molecule has 118 valence electrons. The van der Waals surface area contributed by atoms with Gasteiger partial charge in [-0.25, -0.2) is 14.2 Å². The van der Waals surface area contributed by atoms with Crippen LogP contribution in [0.2, 0.25) is 0 Å². The summed E-state index contributed by atoms with van der Waals surface area (Å²) in [6.45, 7) is 4.15. The Bertz CT molecular complexity index is 869. The van der Waals surface area contributed by atoms with Crippen LogP contribution in [-0.2, 0) is 4.74 Å². The number of rotatable bonds is 3. The molecule has 0 atom stereocenters. The van der Waals surface area contributed by atoms with Crippen LogP contribution in [0.25, 0.3) is 21.3 Å². The summed E-state index contributed by atoms with van der Waals surface area (Å²) in [7, 11) is 1.36. The maximum atomic E-state index is 13.2. The van der Waals surface area contributed by atoms with Gasteiger partial charge in [-0.1, -0.05) is 26.0 Å². The lowest BCUT2D eigenvalue weighted by atomic mass is 10.0. The highest BCUT2D eigenvalue weighted by molar-refractivity contribution is 7.21. The number of hydrogen-bond donors (Lipinski definition) is 0. The molecule has 0 radical (unpaired) electrons. The number of pyridine rings is 1. The number of carbonyl (C=O) groups is 1. The second-order valence-electron chi connectivity index (χ2n) is 5.55. The van der Waals surface area contributed by atoms with E-state index in [0.717, 1.165) is 27.0 Å². The summed E-state index contributed by atoms with van der Waals surface area (Å²) in [4.78, 5) is 18.1. The van der Waals surface area contributed by atoms with Crippen molar-refractivity contribution in [2.75, 3.05) is 7.11 Å². The van der Waals surface area contributed by atoms with Gasteiger partial charge in [-0.05, 0) is 35.7 Å². The molecule has 3 nitrogen and oxygen atoms in total. The van der Waals surface area contributed by atoms with E-state index in [9.17, 15) is 9.18 Å². The number of ether oxygens (including phenoxy) is 1. The quantitative estimate of drug-likeness (QED) is 0.634. The molecule has 0 saturated heterocycles. The van der Waals surface area contributed by atoms with Gasteiger partial charge >= 0.3 is 5.97 Å². The van der Waals surface area contributed by atoms with E-state index in [1.165, 1.54) is 30.6 Å². The molecule has 0 saturated carbocycles. The molecule has 23 heavy (non-hydrogen) atoms. The van der Waals surface area contributed by atoms with Crippen LogP contribution in [-0.4, -0.2) is 18.1 Å². The highest BCUT2D eigenvalue weighted by atomic mass is 32.1. The lowest BCUT2D eigenvalue weighted by molar-refractivity contribution is 0.0607. The van der Waals surface area contributed by atoms with Gasteiger partial charge in [0.05, 0.1) is 7.11 Å². The summed E-state index contributed by atoms with van der Waals surface area (Å²) < 4.78 is 18.1. The molecule has 0 aliphatic rings. The molecule has 0 N–H and O–H groups in total. The summed E-state index contributed by atoms with van der Waals surface area (Å²) in [6.07, 6.45) is 0. The van der Waals surface area contributed by atoms with Crippen molar-refractivity contribution in [1.82, 2.24) is 4.98 Å². The Morgan fingerprint density at radius 2 is 1.87 bits per heavy atom. The smallest absolute Gasteiger partial charge is 0.348 e. The zero-order valence-electron chi connectivity index (χ0n) is 13.1. The maximum Gasteiger partial charge on any atom is 0.348 e. The number of carbonyl (C=O) groups excluding carboxylic acids is 1. The summed E-state index contributed by atoms with van der Waals surface area (Å²) in [6, 6.07) is 10.0. The van der Waals surface area contributed by atoms with Crippen molar-refractivity contribution in [3.05, 3.63) is 52.8 Å². The number of methoxy groups -OCH3 is 1. The molecule has 0 fully saturated rings. The Labute approximate surface area is 137 Å². The Morgan fingerprint density at radius 3 is 2.48 bits per heavy atom. The lowest BCUT2D eigenvalue weighted by Crippen LogP contribution is -1.99. The third kappa shape index (κ3) is 2.84. The van der Waals surface area contributed by atoms with E-state index in [0.29, 0.717) is 10.8 Å². The van der Waals surface area contributed by atoms with E-state index in [-0.39, 0.29) is 5.82 Å². The lowest BCUT2D eigenvalue weighted by Gasteiger charge is -2.05. The standard InChI is InChI=1S/C18H16FNO2S/c1-10(2)14-9-8-13-15(11-4-6-12(19)7-5-11)16(18(21)22-3)23-17(13)20-14/h4-10H,1-3H3. The number of benzene rings is 1. The van der Waals surface area contributed by atoms with Gasteiger partial charge in [-0.15, -0.1) is 11.3 Å². The van der Waals surface area contributed by atoms with Crippen LogP contribution in [0.4, 0.5) is 4.39 Å². The van der Waals surface area contributed by atoms with E-state index in [1.807, 2.05) is 12.1 Å². The number of nitrogens with zero attached hydrogens (tertiary/aromatic N) is 1. The van der Waals surface area contributed by atoms with E-state index in [4.69, 9.17) is 4.74 Å². The van der Waals surface area contributed by atoms with Crippen molar-refractivity contribution in [1.29, 1.82) is 0 Å². The van der Waals surface area contributed by atoms with Crippen LogP contribution in [0, 0.1) is 5.82 Å². The molecule has 0 spiro atoms. The third-order valence-corrected chi connectivity index (χ3v) is 4.75. The number of thiophene rings is 1. The van der Waals surface area contributed by atoms with Crippen molar-refractivity contribution in [3.8, 4) is 11.1 Å². The first-order valence-electron chi connectivity index (χ1n) is 7.29. The van der Waals surface area contributed by atoms with Gasteiger partial charge in [-0.3, -0.25) is 0 Å². The first kappa shape index (κ1) is 15.6. The Balaban J connectivity index is 2.28. The van der Waals surface area contributed by atoms with E-state index in [2.05, 4.69) is 18.8 Å². The van der Waals surface area contributed by atoms with E-state index >= 15 is 0 Å². The highest BCUT2D eigenvalue weighted by Crippen LogP contribution is 2.39. The van der Waals surface area contributed by atoms with Crippen molar-refractivity contribution < 1.29 is 13.9 Å². The van der Waals surface area contributed by atoms with E-state index in [1.54, 1.807) is 12.1 Å². The van der Waals surface area contributed by atoms with Crippen LogP contribution < -0.4 is 0 Å². The maximum absolute atomic E-state index is 13.2. The second-order valence-corrected chi connectivity index (χ2v) is 6.55. The molecule has 3 aromatic rings. The number of hydrogen-bond acceptors (Lipinski definition) is 4. The zero-order valence-corrected chi connectivity index (χ0v) is 13.9. The third-order valence-electron chi connectivity index (χ3n) is 3.67. The SMILES string of the molecule is COC(=O)c1sc2nc(C(C)C)ccc2c1-c1ccc(F)cc1. The molecule has 0 amide bonds. The number of fused-ring (bicyclic) bond motifs is 1. The van der Waals surface area contributed by atoms with Gasteiger partial charge in [0.1, 0.15) is 15.5 Å². The Hall–Kier alpha value is -2.27. The molecule has 1 aromatic carbocycles. The Kier molecular flexibility index (Phi) is 4.13. The molecule has 2 heterocycles. The van der Waals surface area contributed by atoms with Crippen LogP contribution in [0.15, 0.2) is 36.4 Å². The second kappa shape index (κ2) is 6.08. The molecular formula is C18H16FNO2S. The topological polar surface area (TPSA) is 39.2 Å². The summed E-state index contributed by atoms with van der Waals surface area (Å²) in [5.41, 5.74) is 2.50. The molecule has 0 aliphatic carbocycles. The minimum atomic E-state index is -0.404. The summed E-state index contributed by atoms with van der Waals surface area (Å²) in [5, 5.41) is 0.881. The number of aromatic nitrogens is 1. The molecular weight excluding hydrogens is 313 g/mol. The van der Waals surface area contributed by atoms with Crippen LogP contribution in [0.5, 0.6) is 0 Å². The number of halogens is 1. The first-order chi connectivity index (χ1) is 11.0. The predicted molar refractivity (Wildman–Crippen MR) is 90.4 cm³/mol. The molecule has 5 heteroatoms. The predicted octanol–water partition coefficient (Wildman–Crippen LogP) is 5.01. The monoisotopic (exact) mass is 329 g/mol. The van der Waals surface area contributed by atoms with Gasteiger partial charge in [-0.2, -0.15) is 0 Å². The minimum absolute atomic E-state index is 0.303. The fourth-order valence-corrected chi connectivity index (χ4v) is 3.57. The van der Waals surface area contributed by atoms with Crippen molar-refractivity contribution in [3.63, 3.8) is 0 Å². The summed E-state index contributed by atoms with van der Waals surface area (Å²) >= 11 is 1.31. The highest BCUT2D eigenvalue weighted by Gasteiger charge is 2.21. The fourth-order valence-electron chi connectivity index (χ4n) is 2.45. The van der Waals surface area contributed by atoms with E-state index < -0.39 is 5.97 Å². The normalized spacial score (nSPS) is 11.2. The van der Waals surface area contributed by atoms with Gasteiger partial charge < -0.3 is 4.74 Å². The fraction of sp³-hybridized carbons (Fsp3) is 0.222. The zero-order chi connectivity index (χ0) is 16.6. The van der Waals surface area contributed by atoms with Crippen LogP contribution >= 0.6 is 11.3 Å². The molecule has 2 aromatic heterocycles. The molecule has 0 aliphatic heterocycles. The van der Waals surface area contributed by atoms with Gasteiger partial charge in [0.15, 0.2) is 0 Å².